The van der Waals surface area contributed by atoms with Crippen molar-refractivity contribution in [1.82, 2.24) is 0 Å². The molecule has 1 saturated heterocycles. The maximum Gasteiger partial charge on any atom is 0.190 e. The molecule has 1 heterocycles. The number of thioether (sulfide) groups is 1. The fourth-order valence-corrected chi connectivity index (χ4v) is 6.48. The number of benzene rings is 3. The van der Waals surface area contributed by atoms with Gasteiger partial charge >= 0.3 is 0 Å². The van der Waals surface area contributed by atoms with Crippen LogP contribution in [0.3, 0.4) is 0 Å². The summed E-state index contributed by atoms with van der Waals surface area (Å²) < 4.78 is 12.2. The summed E-state index contributed by atoms with van der Waals surface area (Å²) in [6, 6.07) is 22.4. The van der Waals surface area contributed by atoms with Gasteiger partial charge in [-0.1, -0.05) is 86.6 Å². The molecule has 3 aromatic carbocycles. The molecule has 1 aliphatic heterocycles. The Hall–Kier alpha value is -3.31. The quantitative estimate of drug-likeness (QED) is 0.209. The molecule has 1 aliphatic rings. The molecule has 3 aromatic rings. The second-order valence-electron chi connectivity index (χ2n) is 10.2. The molecule has 0 aromatic heterocycles. The molecule has 4 rings (SSSR count). The highest BCUT2D eigenvalue weighted by atomic mass is 32.2. The highest BCUT2D eigenvalue weighted by Gasteiger charge is 2.36. The first-order valence-electron chi connectivity index (χ1n) is 14.4. The SMILES string of the molecule is C/C=C(/c1ccccc1)c1ccc(OCCCOc2ccc(C3SC(=O)CC(CC)C3=O)cc2)c(CCC)c1C. The van der Waals surface area contributed by atoms with E-state index in [9.17, 15) is 9.59 Å². The molecule has 210 valence electrons. The Labute approximate surface area is 243 Å². The molecule has 0 radical (unpaired) electrons. The van der Waals surface area contributed by atoms with E-state index in [4.69, 9.17) is 9.47 Å². The fourth-order valence-electron chi connectivity index (χ4n) is 5.32. The van der Waals surface area contributed by atoms with Crippen molar-refractivity contribution in [3.05, 3.63) is 101 Å². The van der Waals surface area contributed by atoms with Crippen molar-refractivity contribution < 1.29 is 19.1 Å². The monoisotopic (exact) mass is 556 g/mol. The van der Waals surface area contributed by atoms with E-state index in [0.717, 1.165) is 48.1 Å². The average Bonchev–Trinajstić information content (AvgIpc) is 2.98. The minimum atomic E-state index is -0.405. The Morgan fingerprint density at radius 2 is 1.68 bits per heavy atom. The van der Waals surface area contributed by atoms with Crippen LogP contribution in [0.25, 0.3) is 5.57 Å². The summed E-state index contributed by atoms with van der Waals surface area (Å²) in [5.41, 5.74) is 7.12. The molecule has 2 atom stereocenters. The summed E-state index contributed by atoms with van der Waals surface area (Å²) in [4.78, 5) is 24.8. The van der Waals surface area contributed by atoms with Crippen molar-refractivity contribution in [3.63, 3.8) is 0 Å². The zero-order chi connectivity index (χ0) is 28.5. The molecule has 0 aliphatic carbocycles. The van der Waals surface area contributed by atoms with Gasteiger partial charge in [0.2, 0.25) is 0 Å². The molecule has 0 saturated carbocycles. The second-order valence-corrected chi connectivity index (χ2v) is 11.4. The van der Waals surface area contributed by atoms with Gasteiger partial charge in [-0.15, -0.1) is 0 Å². The Morgan fingerprint density at radius 3 is 2.35 bits per heavy atom. The number of carbonyl (C=O) groups is 2. The molecule has 40 heavy (non-hydrogen) atoms. The van der Waals surface area contributed by atoms with E-state index in [1.165, 1.54) is 27.8 Å². The first-order valence-corrected chi connectivity index (χ1v) is 15.3. The summed E-state index contributed by atoms with van der Waals surface area (Å²) in [6.07, 6.45) is 6.02. The van der Waals surface area contributed by atoms with Crippen molar-refractivity contribution in [2.45, 2.75) is 65.0 Å². The minimum absolute atomic E-state index is 0.0992. The van der Waals surface area contributed by atoms with Crippen LogP contribution in [0.5, 0.6) is 11.5 Å². The van der Waals surface area contributed by atoms with Crippen LogP contribution in [0.1, 0.15) is 79.5 Å². The zero-order valence-electron chi connectivity index (χ0n) is 24.1. The number of hydrogen-bond donors (Lipinski definition) is 0. The maximum atomic E-state index is 12.7. The molecule has 5 heteroatoms. The molecule has 2 unspecified atom stereocenters. The van der Waals surface area contributed by atoms with Gasteiger partial charge in [0.1, 0.15) is 11.5 Å². The summed E-state index contributed by atoms with van der Waals surface area (Å²) in [7, 11) is 0. The predicted octanol–water partition coefficient (Wildman–Crippen LogP) is 8.55. The van der Waals surface area contributed by atoms with Crippen LogP contribution in [0.2, 0.25) is 0 Å². The third kappa shape index (κ3) is 7.06. The van der Waals surface area contributed by atoms with Crippen LogP contribution in [0, 0.1) is 12.8 Å². The normalized spacial score (nSPS) is 17.6. The van der Waals surface area contributed by atoms with Crippen LogP contribution in [-0.2, 0) is 16.0 Å². The number of hydrogen-bond acceptors (Lipinski definition) is 5. The first-order chi connectivity index (χ1) is 19.5. The summed E-state index contributed by atoms with van der Waals surface area (Å²) >= 11 is 1.15. The van der Waals surface area contributed by atoms with Gasteiger partial charge in [0, 0.05) is 18.8 Å². The van der Waals surface area contributed by atoms with Crippen molar-refractivity contribution >= 4 is 28.2 Å². The number of rotatable bonds is 12. The van der Waals surface area contributed by atoms with E-state index in [1.807, 2.05) is 37.3 Å². The lowest BCUT2D eigenvalue weighted by molar-refractivity contribution is -0.126. The lowest BCUT2D eigenvalue weighted by Crippen LogP contribution is -2.27. The van der Waals surface area contributed by atoms with Gasteiger partial charge in [0.15, 0.2) is 10.9 Å². The van der Waals surface area contributed by atoms with Crippen LogP contribution in [0.4, 0.5) is 0 Å². The van der Waals surface area contributed by atoms with Crippen LogP contribution >= 0.6 is 11.8 Å². The lowest BCUT2D eigenvalue weighted by atomic mass is 9.90. The van der Waals surface area contributed by atoms with E-state index in [1.54, 1.807) is 0 Å². The Morgan fingerprint density at radius 1 is 0.950 bits per heavy atom. The van der Waals surface area contributed by atoms with E-state index < -0.39 is 5.25 Å². The Balaban J connectivity index is 1.33. The van der Waals surface area contributed by atoms with E-state index >= 15 is 0 Å². The molecule has 1 fully saturated rings. The summed E-state index contributed by atoms with van der Waals surface area (Å²) in [5, 5.41) is -0.306. The summed E-state index contributed by atoms with van der Waals surface area (Å²) in [5.74, 6) is 1.69. The van der Waals surface area contributed by atoms with Crippen LogP contribution < -0.4 is 9.47 Å². The van der Waals surface area contributed by atoms with Gasteiger partial charge in [-0.25, -0.2) is 0 Å². The van der Waals surface area contributed by atoms with Crippen molar-refractivity contribution in [3.8, 4) is 11.5 Å². The predicted molar refractivity (Wildman–Crippen MR) is 165 cm³/mol. The smallest absolute Gasteiger partial charge is 0.190 e. The van der Waals surface area contributed by atoms with E-state index in [-0.39, 0.29) is 16.8 Å². The highest BCUT2D eigenvalue weighted by molar-refractivity contribution is 8.14. The first kappa shape index (κ1) is 29.7. The van der Waals surface area contributed by atoms with Crippen LogP contribution in [0.15, 0.2) is 72.8 Å². The molecular weight excluding hydrogens is 516 g/mol. The number of Topliss-reactive ketones (excluding diaryl/α,β-unsaturated/α-hetero) is 1. The van der Waals surface area contributed by atoms with Gasteiger partial charge in [-0.05, 0) is 78.3 Å². The second kappa shape index (κ2) is 14.4. The molecule has 4 nitrogen and oxygen atoms in total. The number of allylic oxidation sites excluding steroid dienone is 1. The molecular formula is C35H40O4S. The van der Waals surface area contributed by atoms with Gasteiger partial charge in [-0.3, -0.25) is 9.59 Å². The van der Waals surface area contributed by atoms with Crippen molar-refractivity contribution in [2.24, 2.45) is 5.92 Å². The van der Waals surface area contributed by atoms with Crippen LogP contribution in [-0.4, -0.2) is 24.1 Å². The third-order valence-corrected chi connectivity index (χ3v) is 8.70. The van der Waals surface area contributed by atoms with Gasteiger partial charge in [-0.2, -0.15) is 0 Å². The van der Waals surface area contributed by atoms with E-state index in [2.05, 4.69) is 63.2 Å². The number of ketones is 1. The largest absolute Gasteiger partial charge is 0.493 e. The minimum Gasteiger partial charge on any atom is -0.493 e. The Bertz CT molecular complexity index is 1330. The molecule has 0 bridgehead atoms. The molecule has 0 spiro atoms. The van der Waals surface area contributed by atoms with Gasteiger partial charge in [0.25, 0.3) is 0 Å². The fraction of sp³-hybridized carbons (Fsp3) is 0.371. The van der Waals surface area contributed by atoms with Crippen molar-refractivity contribution in [2.75, 3.05) is 13.2 Å². The van der Waals surface area contributed by atoms with Crippen molar-refractivity contribution in [1.29, 1.82) is 0 Å². The average molecular weight is 557 g/mol. The van der Waals surface area contributed by atoms with E-state index in [0.29, 0.717) is 26.1 Å². The lowest BCUT2D eigenvalue weighted by Gasteiger charge is -2.25. The maximum absolute atomic E-state index is 12.7. The topological polar surface area (TPSA) is 52.6 Å². The van der Waals surface area contributed by atoms with Gasteiger partial charge in [0.05, 0.1) is 18.5 Å². The molecule has 0 N–H and O–H groups in total. The number of ether oxygens (including phenoxy) is 2. The highest BCUT2D eigenvalue weighted by Crippen LogP contribution is 2.40. The third-order valence-electron chi connectivity index (χ3n) is 7.53. The Kier molecular flexibility index (Phi) is 10.7. The number of carbonyl (C=O) groups excluding carboxylic acids is 2. The summed E-state index contributed by atoms with van der Waals surface area (Å²) in [6.45, 7) is 9.56. The standard InChI is InChI=1S/C35H40O4S/c1-5-12-31-24(4)30(29(7-3)26-13-9-8-10-14-26)19-20-32(31)39-22-11-21-38-28-17-15-27(16-18-28)35-34(37)25(6-2)23-33(36)40-35/h7-10,13-20,25,35H,5-6,11-12,21-23H2,1-4H3/b29-7-. The zero-order valence-corrected chi connectivity index (χ0v) is 24.9. The van der Waals surface area contributed by atoms with Gasteiger partial charge < -0.3 is 9.47 Å². The molecule has 0 amide bonds.